The van der Waals surface area contributed by atoms with E-state index in [1.165, 1.54) is 12.3 Å². The third-order valence-electron chi connectivity index (χ3n) is 4.93. The monoisotopic (exact) mass is 407 g/mol. The Balaban J connectivity index is 1.72. The number of H-pyrrole nitrogens is 1. The number of para-hydroxylation sites is 1. The molecule has 1 aromatic carbocycles. The molecule has 5 N–H and O–H groups in total. The van der Waals surface area contributed by atoms with Crippen molar-refractivity contribution in [3.63, 3.8) is 0 Å². The van der Waals surface area contributed by atoms with Gasteiger partial charge in [0, 0.05) is 37.1 Å². The topological polar surface area (TPSA) is 124 Å². The second-order valence-electron chi connectivity index (χ2n) is 6.95. The number of nitrogens with zero attached hydrogens (tertiary/aromatic N) is 2. The summed E-state index contributed by atoms with van der Waals surface area (Å²) in [5, 5.41) is 12.5. The fourth-order valence-electron chi connectivity index (χ4n) is 3.03. The van der Waals surface area contributed by atoms with E-state index in [1.54, 1.807) is 24.1 Å². The van der Waals surface area contributed by atoms with Crippen LogP contribution in [0.2, 0.25) is 0 Å². The minimum absolute atomic E-state index is 0.0819. The van der Waals surface area contributed by atoms with Gasteiger partial charge in [0.25, 0.3) is 5.91 Å². The lowest BCUT2D eigenvalue weighted by atomic mass is 10.1. The van der Waals surface area contributed by atoms with E-state index in [0.717, 1.165) is 16.6 Å². The van der Waals surface area contributed by atoms with E-state index in [2.05, 4.69) is 15.3 Å². The van der Waals surface area contributed by atoms with Crippen molar-refractivity contribution in [3.05, 3.63) is 65.5 Å². The summed E-state index contributed by atoms with van der Waals surface area (Å²) in [7, 11) is 1.73. The number of carbonyl (C=O) groups excluding carboxylic acids is 2. The number of hydrogen-bond acceptors (Lipinski definition) is 5. The van der Waals surface area contributed by atoms with Crippen LogP contribution in [0.1, 0.15) is 34.6 Å². The van der Waals surface area contributed by atoms with E-state index in [1.807, 2.05) is 37.3 Å². The molecule has 3 aromatic rings. The zero-order valence-corrected chi connectivity index (χ0v) is 16.9. The largest absolute Gasteiger partial charge is 0.395 e. The maximum Gasteiger partial charge on any atom is 0.255 e. The SMILES string of the molecule is CC(c1cc2ccccc2[nH]1)N(C)C(=O)C=Cc1cnc(N)c(C(=O)NCCO)c1. The van der Waals surface area contributed by atoms with Gasteiger partial charge < -0.3 is 26.0 Å². The van der Waals surface area contributed by atoms with Crippen molar-refractivity contribution in [3.8, 4) is 0 Å². The van der Waals surface area contributed by atoms with Gasteiger partial charge in [0.05, 0.1) is 18.2 Å². The minimum atomic E-state index is -0.430. The lowest BCUT2D eigenvalue weighted by Crippen LogP contribution is -2.28. The lowest BCUT2D eigenvalue weighted by Gasteiger charge is -2.22. The summed E-state index contributed by atoms with van der Waals surface area (Å²) in [4.78, 5) is 33.7. The summed E-state index contributed by atoms with van der Waals surface area (Å²) < 4.78 is 0. The predicted octanol–water partition coefficient (Wildman–Crippen LogP) is 2.10. The Morgan fingerprint density at radius 2 is 2.10 bits per heavy atom. The van der Waals surface area contributed by atoms with Gasteiger partial charge in [0.1, 0.15) is 5.82 Å². The number of nitrogens with two attached hydrogens (primary N) is 1. The number of aliphatic hydroxyl groups is 1. The van der Waals surface area contributed by atoms with Gasteiger partial charge >= 0.3 is 0 Å². The van der Waals surface area contributed by atoms with Gasteiger partial charge in [0.2, 0.25) is 5.91 Å². The van der Waals surface area contributed by atoms with E-state index in [0.29, 0.717) is 5.56 Å². The number of nitrogens with one attached hydrogen (secondary N) is 2. The van der Waals surface area contributed by atoms with Gasteiger partial charge in [-0.3, -0.25) is 9.59 Å². The highest BCUT2D eigenvalue weighted by molar-refractivity contribution is 5.99. The highest BCUT2D eigenvalue weighted by Crippen LogP contribution is 2.23. The summed E-state index contributed by atoms with van der Waals surface area (Å²) in [5.41, 5.74) is 8.49. The number of anilines is 1. The minimum Gasteiger partial charge on any atom is -0.395 e. The normalized spacial score (nSPS) is 12.2. The Kier molecular flexibility index (Phi) is 6.48. The number of rotatable bonds is 7. The zero-order chi connectivity index (χ0) is 21.7. The summed E-state index contributed by atoms with van der Waals surface area (Å²) in [6.07, 6.45) is 4.51. The third kappa shape index (κ3) is 4.66. The number of aromatic amines is 1. The molecule has 156 valence electrons. The van der Waals surface area contributed by atoms with Gasteiger partial charge in [-0.25, -0.2) is 4.98 Å². The molecule has 2 aromatic heterocycles. The molecule has 30 heavy (non-hydrogen) atoms. The van der Waals surface area contributed by atoms with Gasteiger partial charge in [-0.1, -0.05) is 18.2 Å². The Morgan fingerprint density at radius 1 is 1.33 bits per heavy atom. The van der Waals surface area contributed by atoms with Crippen LogP contribution in [0.3, 0.4) is 0 Å². The smallest absolute Gasteiger partial charge is 0.255 e. The molecule has 1 atom stereocenters. The molecule has 0 aliphatic rings. The van der Waals surface area contributed by atoms with E-state index >= 15 is 0 Å². The number of likely N-dealkylation sites (N-methyl/N-ethyl adjacent to an activating group) is 1. The van der Waals surface area contributed by atoms with E-state index < -0.39 is 5.91 Å². The van der Waals surface area contributed by atoms with Crippen molar-refractivity contribution in [2.75, 3.05) is 25.9 Å². The van der Waals surface area contributed by atoms with Crippen LogP contribution < -0.4 is 11.1 Å². The fourth-order valence-corrected chi connectivity index (χ4v) is 3.03. The summed E-state index contributed by atoms with van der Waals surface area (Å²) in [5.74, 6) is -0.539. The first-order valence-corrected chi connectivity index (χ1v) is 9.57. The molecule has 8 nitrogen and oxygen atoms in total. The zero-order valence-electron chi connectivity index (χ0n) is 16.9. The highest BCUT2D eigenvalue weighted by Gasteiger charge is 2.17. The van der Waals surface area contributed by atoms with Crippen LogP contribution in [0.5, 0.6) is 0 Å². The Morgan fingerprint density at radius 3 is 2.83 bits per heavy atom. The molecule has 2 amide bonds. The molecular formula is C22H25N5O3. The molecule has 8 heteroatoms. The molecule has 0 spiro atoms. The first kappa shape index (κ1) is 21.1. The standard InChI is InChI=1S/C22H25N5O3/c1-14(19-12-16-5-3-4-6-18(16)26-19)27(2)20(29)8-7-15-11-17(21(23)25-13-15)22(30)24-9-10-28/h3-8,11-14,26,28H,9-10H2,1-2H3,(H2,23,25)(H,24,30). The highest BCUT2D eigenvalue weighted by atomic mass is 16.3. The molecule has 0 radical (unpaired) electrons. The van der Waals surface area contributed by atoms with Crippen LogP contribution in [0.15, 0.2) is 48.7 Å². The molecule has 0 saturated carbocycles. The number of aromatic nitrogens is 2. The summed E-state index contributed by atoms with van der Waals surface area (Å²) in [6.45, 7) is 1.89. The van der Waals surface area contributed by atoms with Crippen LogP contribution in [0.25, 0.3) is 17.0 Å². The molecule has 0 fully saturated rings. The average Bonchev–Trinajstić information content (AvgIpc) is 3.19. The van der Waals surface area contributed by atoms with Gasteiger partial charge in [0.15, 0.2) is 0 Å². The maximum atomic E-state index is 12.6. The Labute approximate surface area is 174 Å². The fraction of sp³-hybridized carbons (Fsp3) is 0.227. The van der Waals surface area contributed by atoms with Crippen molar-refractivity contribution in [2.45, 2.75) is 13.0 Å². The summed E-state index contributed by atoms with van der Waals surface area (Å²) >= 11 is 0. The second-order valence-corrected chi connectivity index (χ2v) is 6.95. The van der Waals surface area contributed by atoms with Crippen molar-refractivity contribution in [1.29, 1.82) is 0 Å². The molecule has 0 aliphatic heterocycles. The number of amides is 2. The molecule has 0 aliphatic carbocycles. The van der Waals surface area contributed by atoms with Crippen molar-refractivity contribution >= 4 is 34.6 Å². The van der Waals surface area contributed by atoms with Gasteiger partial charge in [-0.2, -0.15) is 0 Å². The first-order chi connectivity index (χ1) is 14.4. The molecule has 0 saturated heterocycles. The molecular weight excluding hydrogens is 382 g/mol. The van der Waals surface area contributed by atoms with E-state index in [4.69, 9.17) is 10.8 Å². The van der Waals surface area contributed by atoms with Crippen LogP contribution in [-0.4, -0.2) is 52.0 Å². The second kappa shape index (κ2) is 9.23. The average molecular weight is 407 g/mol. The van der Waals surface area contributed by atoms with Crippen molar-refractivity contribution in [1.82, 2.24) is 20.2 Å². The Bertz CT molecular complexity index is 1060. The number of hydrogen-bond donors (Lipinski definition) is 4. The summed E-state index contributed by atoms with van der Waals surface area (Å²) in [6, 6.07) is 11.4. The number of carbonyl (C=O) groups is 2. The quantitative estimate of drug-likeness (QED) is 0.447. The number of pyridine rings is 1. The van der Waals surface area contributed by atoms with Gasteiger partial charge in [-0.05, 0) is 42.1 Å². The third-order valence-corrected chi connectivity index (χ3v) is 4.93. The van der Waals surface area contributed by atoms with Crippen molar-refractivity contribution in [2.24, 2.45) is 0 Å². The number of aliphatic hydroxyl groups excluding tert-OH is 1. The van der Waals surface area contributed by atoms with Crippen molar-refractivity contribution < 1.29 is 14.7 Å². The predicted molar refractivity (Wildman–Crippen MR) is 117 cm³/mol. The first-order valence-electron chi connectivity index (χ1n) is 9.57. The number of nitrogen functional groups attached to an aromatic ring is 1. The number of benzene rings is 1. The van der Waals surface area contributed by atoms with E-state index in [9.17, 15) is 9.59 Å². The molecule has 0 bridgehead atoms. The molecule has 2 heterocycles. The molecule has 1 unspecified atom stereocenters. The van der Waals surface area contributed by atoms with Gasteiger partial charge in [-0.15, -0.1) is 0 Å². The van der Waals surface area contributed by atoms with Crippen LogP contribution in [0, 0.1) is 0 Å². The van der Waals surface area contributed by atoms with Crippen LogP contribution in [0.4, 0.5) is 5.82 Å². The lowest BCUT2D eigenvalue weighted by molar-refractivity contribution is -0.126. The molecule has 3 rings (SSSR count). The Hall–Kier alpha value is -3.65. The number of fused-ring (bicyclic) bond motifs is 1. The van der Waals surface area contributed by atoms with Crippen LogP contribution in [-0.2, 0) is 4.79 Å². The van der Waals surface area contributed by atoms with E-state index in [-0.39, 0.29) is 36.5 Å². The van der Waals surface area contributed by atoms with Crippen LogP contribution >= 0.6 is 0 Å². The maximum absolute atomic E-state index is 12.6.